The van der Waals surface area contributed by atoms with E-state index in [1.54, 1.807) is 35.2 Å². The molecule has 54 heavy (non-hydrogen) atoms. The van der Waals surface area contributed by atoms with Crippen molar-refractivity contribution < 1.29 is 13.5 Å². The van der Waals surface area contributed by atoms with Gasteiger partial charge < -0.3 is 5.11 Å². The third-order valence-corrected chi connectivity index (χ3v) is 12.9. The van der Waals surface area contributed by atoms with Crippen LogP contribution in [0.15, 0.2) is 95.5 Å². The smallest absolute Gasteiger partial charge is 0.114 e. The van der Waals surface area contributed by atoms with E-state index in [1.807, 2.05) is 43.3 Å². The van der Waals surface area contributed by atoms with Crippen molar-refractivity contribution in [1.82, 2.24) is 19.1 Å². The van der Waals surface area contributed by atoms with Gasteiger partial charge in [0.05, 0.1) is 28.8 Å². The van der Waals surface area contributed by atoms with Gasteiger partial charge in [-0.25, -0.2) is 9.97 Å². The zero-order chi connectivity index (χ0) is 39.3. The SMILES string of the molecule is C=C(C)c1cn(-c2ccc(-c3ccc(CO)c(S(C)=O)c3)s2)c(CC(C)C)n1.CC(C)Cc1nc(C(C)C)cn1-c1ccc(-c2cccc(S(C)=O)c2)s1. The molecule has 4 aromatic heterocycles. The minimum Gasteiger partial charge on any atom is -0.392 e. The van der Waals surface area contributed by atoms with E-state index < -0.39 is 21.6 Å². The Bertz CT molecular complexity index is 2270. The Hall–Kier alpha value is -3.74. The largest absolute Gasteiger partial charge is 0.392 e. The number of allylic oxidation sites excluding steroid dienone is 1. The van der Waals surface area contributed by atoms with Crippen molar-refractivity contribution in [2.75, 3.05) is 12.5 Å². The second kappa shape index (κ2) is 18.3. The first-order chi connectivity index (χ1) is 25.6. The van der Waals surface area contributed by atoms with Crippen molar-refractivity contribution in [2.24, 2.45) is 11.8 Å². The van der Waals surface area contributed by atoms with Gasteiger partial charge in [0, 0.05) is 68.1 Å². The van der Waals surface area contributed by atoms with Gasteiger partial charge >= 0.3 is 0 Å². The van der Waals surface area contributed by atoms with Crippen molar-refractivity contribution in [3.8, 4) is 30.9 Å². The quantitative estimate of drug-likeness (QED) is 0.126. The van der Waals surface area contributed by atoms with E-state index in [4.69, 9.17) is 9.97 Å². The molecule has 7 nitrogen and oxygen atoms in total. The molecule has 0 fully saturated rings. The van der Waals surface area contributed by atoms with Crippen molar-refractivity contribution >= 4 is 49.8 Å². The highest BCUT2D eigenvalue weighted by atomic mass is 32.2. The summed E-state index contributed by atoms with van der Waals surface area (Å²) in [4.78, 5) is 13.5. The molecule has 0 radical (unpaired) electrons. The lowest BCUT2D eigenvalue weighted by atomic mass is 10.1. The van der Waals surface area contributed by atoms with Gasteiger partial charge in [-0.05, 0) is 89.4 Å². The minimum absolute atomic E-state index is 0.109. The molecule has 6 rings (SSSR count). The predicted octanol–water partition coefficient (Wildman–Crippen LogP) is 10.7. The van der Waals surface area contributed by atoms with Crippen LogP contribution in [0.3, 0.4) is 0 Å². The zero-order valence-electron chi connectivity index (χ0n) is 32.8. The van der Waals surface area contributed by atoms with Crippen LogP contribution in [0.2, 0.25) is 0 Å². The molecule has 0 saturated carbocycles. The van der Waals surface area contributed by atoms with E-state index >= 15 is 0 Å². The summed E-state index contributed by atoms with van der Waals surface area (Å²) >= 11 is 3.42. The summed E-state index contributed by atoms with van der Waals surface area (Å²) in [5.41, 5.74) is 5.84. The van der Waals surface area contributed by atoms with Crippen LogP contribution in [0.25, 0.3) is 36.5 Å². The van der Waals surface area contributed by atoms with Gasteiger partial charge in [0.2, 0.25) is 0 Å². The van der Waals surface area contributed by atoms with Crippen LogP contribution in [0.1, 0.15) is 83.0 Å². The third kappa shape index (κ3) is 10.1. The summed E-state index contributed by atoms with van der Waals surface area (Å²) < 4.78 is 28.2. The molecular formula is C43H52N4O3S4. The normalized spacial score (nSPS) is 12.7. The molecule has 0 aliphatic carbocycles. The Morgan fingerprint density at radius 2 is 1.33 bits per heavy atom. The summed E-state index contributed by atoms with van der Waals surface area (Å²) in [6.07, 6.45) is 9.44. The molecule has 11 heteroatoms. The Balaban J connectivity index is 0.000000208. The highest BCUT2D eigenvalue weighted by molar-refractivity contribution is 7.84. The Labute approximate surface area is 333 Å². The standard InChI is InChI=1S/C22H26N2O2S2.C21H26N2OS2/c1-14(2)10-21-23-18(15(3)4)12-24(21)22-9-8-19(27-22)16-6-7-17(13-25)20(11-16)28(5)26;1-14(2)11-20-22-18(15(3)4)13-23(20)21-10-9-19(25-21)16-7-6-8-17(12-16)26(5)24/h6-9,11-12,14,25H,3,10,13H2,1-2,4-5H3;6-10,12-15H,11H2,1-5H3. The molecule has 0 amide bonds. The Kier molecular flexibility index (Phi) is 14.0. The molecule has 1 N–H and O–H groups in total. The van der Waals surface area contributed by atoms with Gasteiger partial charge in [-0.2, -0.15) is 0 Å². The molecule has 2 unspecified atom stereocenters. The van der Waals surface area contributed by atoms with Crippen molar-refractivity contribution in [1.29, 1.82) is 0 Å². The van der Waals surface area contributed by atoms with Crippen molar-refractivity contribution in [3.63, 3.8) is 0 Å². The van der Waals surface area contributed by atoms with Crippen LogP contribution in [0, 0.1) is 11.8 Å². The van der Waals surface area contributed by atoms with E-state index in [2.05, 4.69) is 100.0 Å². The van der Waals surface area contributed by atoms with Crippen molar-refractivity contribution in [2.45, 2.75) is 83.6 Å². The highest BCUT2D eigenvalue weighted by Crippen LogP contribution is 2.35. The maximum absolute atomic E-state index is 12.0. The predicted molar refractivity (Wildman–Crippen MR) is 230 cm³/mol. The average molecular weight is 801 g/mol. The van der Waals surface area contributed by atoms with Gasteiger partial charge in [-0.1, -0.05) is 72.4 Å². The molecule has 2 aromatic carbocycles. The molecule has 4 heterocycles. The molecule has 286 valence electrons. The summed E-state index contributed by atoms with van der Waals surface area (Å²) in [6, 6.07) is 22.2. The number of aromatic nitrogens is 4. The zero-order valence-corrected chi connectivity index (χ0v) is 36.0. The first-order valence-corrected chi connectivity index (χ1v) is 22.9. The maximum Gasteiger partial charge on any atom is 0.114 e. The fourth-order valence-corrected chi connectivity index (χ4v) is 9.25. The molecular weight excluding hydrogens is 749 g/mol. The second-order valence-electron chi connectivity index (χ2n) is 14.7. The number of hydrogen-bond donors (Lipinski definition) is 1. The molecule has 0 spiro atoms. The molecule has 0 bridgehead atoms. The lowest BCUT2D eigenvalue weighted by molar-refractivity contribution is 0.279. The van der Waals surface area contributed by atoms with Crippen LogP contribution in [-0.2, 0) is 41.0 Å². The molecule has 6 aromatic rings. The number of imidazole rings is 2. The number of benzene rings is 2. The number of rotatable bonds is 13. The maximum atomic E-state index is 12.0. The van der Waals surface area contributed by atoms with E-state index in [-0.39, 0.29) is 6.61 Å². The monoisotopic (exact) mass is 800 g/mol. The molecule has 0 saturated heterocycles. The average Bonchev–Trinajstić information content (AvgIpc) is 3.94. The first kappa shape index (κ1) is 41.4. The first-order valence-electron chi connectivity index (χ1n) is 18.2. The molecule has 2 atom stereocenters. The lowest BCUT2D eigenvalue weighted by Gasteiger charge is -2.08. The summed E-state index contributed by atoms with van der Waals surface area (Å²) in [7, 11) is -2.11. The van der Waals surface area contributed by atoms with Gasteiger partial charge in [-0.15, -0.1) is 22.7 Å². The summed E-state index contributed by atoms with van der Waals surface area (Å²) in [5.74, 6) is 3.64. The van der Waals surface area contributed by atoms with Crippen LogP contribution in [-0.4, -0.2) is 45.1 Å². The number of aliphatic hydroxyl groups is 1. The van der Waals surface area contributed by atoms with Crippen LogP contribution < -0.4 is 0 Å². The van der Waals surface area contributed by atoms with E-state index in [0.29, 0.717) is 28.2 Å². The Morgan fingerprint density at radius 3 is 1.85 bits per heavy atom. The number of thiophene rings is 2. The number of hydrogen-bond acceptors (Lipinski definition) is 7. The Morgan fingerprint density at radius 1 is 0.759 bits per heavy atom. The summed E-state index contributed by atoms with van der Waals surface area (Å²) in [6.45, 7) is 19.1. The van der Waals surface area contributed by atoms with Crippen molar-refractivity contribution in [3.05, 3.63) is 114 Å². The van der Waals surface area contributed by atoms with Gasteiger partial charge in [0.15, 0.2) is 0 Å². The molecule has 0 aliphatic heterocycles. The molecule has 0 aliphatic rings. The summed E-state index contributed by atoms with van der Waals surface area (Å²) in [5, 5.41) is 11.8. The van der Waals surface area contributed by atoms with E-state index in [1.165, 1.54) is 9.88 Å². The lowest BCUT2D eigenvalue weighted by Crippen LogP contribution is -2.03. The fraction of sp³-hybridized carbons (Fsp3) is 0.349. The van der Waals surface area contributed by atoms with Crippen LogP contribution >= 0.6 is 22.7 Å². The van der Waals surface area contributed by atoms with Gasteiger partial charge in [0.1, 0.15) is 21.7 Å². The van der Waals surface area contributed by atoms with E-state index in [0.717, 1.165) is 67.4 Å². The minimum atomic E-state index is -1.15. The second-order valence-corrected chi connectivity index (χ2v) is 19.5. The topological polar surface area (TPSA) is 90.0 Å². The third-order valence-electron chi connectivity index (χ3n) is 8.73. The van der Waals surface area contributed by atoms with Gasteiger partial charge in [-0.3, -0.25) is 17.6 Å². The van der Waals surface area contributed by atoms with Crippen LogP contribution in [0.5, 0.6) is 0 Å². The van der Waals surface area contributed by atoms with Gasteiger partial charge in [0.25, 0.3) is 0 Å². The highest BCUT2D eigenvalue weighted by Gasteiger charge is 2.17. The van der Waals surface area contributed by atoms with E-state index in [9.17, 15) is 13.5 Å². The fourth-order valence-electron chi connectivity index (χ4n) is 5.90. The number of nitrogens with zero attached hydrogens (tertiary/aromatic N) is 4. The van der Waals surface area contributed by atoms with Crippen LogP contribution in [0.4, 0.5) is 0 Å². The number of aliphatic hydroxyl groups excluding tert-OH is 1.